The maximum absolute atomic E-state index is 9.63. The first-order chi connectivity index (χ1) is 7.15. The van der Waals surface area contributed by atoms with Gasteiger partial charge in [0.2, 0.25) is 0 Å². The number of hydrogen-bond acceptors (Lipinski definition) is 3. The highest BCUT2D eigenvalue weighted by molar-refractivity contribution is 4.82. The number of nitrogens with zero attached hydrogens (tertiary/aromatic N) is 1. The second kappa shape index (κ2) is 6.46. The lowest BCUT2D eigenvalue weighted by Crippen LogP contribution is -2.41. The first-order valence-corrected chi connectivity index (χ1v) is 6.26. The molecule has 0 aromatic rings. The third-order valence-corrected chi connectivity index (χ3v) is 3.69. The molecule has 1 aliphatic rings. The van der Waals surface area contributed by atoms with E-state index in [0.29, 0.717) is 12.1 Å². The van der Waals surface area contributed by atoms with Gasteiger partial charge in [-0.05, 0) is 39.7 Å². The summed E-state index contributed by atoms with van der Waals surface area (Å²) in [6.07, 6.45) is 4.36. The highest BCUT2D eigenvalue weighted by Crippen LogP contribution is 2.18. The zero-order chi connectivity index (χ0) is 11.3. The molecule has 90 valence electrons. The SMILES string of the molecule is CCC(C)N(C)CCN[C@@H]1CCC[C@H]1O. The number of nitrogens with one attached hydrogen (secondary N) is 1. The van der Waals surface area contributed by atoms with Crippen LogP contribution in [0.15, 0.2) is 0 Å². The predicted molar refractivity (Wildman–Crippen MR) is 64.0 cm³/mol. The Morgan fingerprint density at radius 3 is 2.73 bits per heavy atom. The Bertz CT molecular complexity index is 175. The van der Waals surface area contributed by atoms with Crippen LogP contribution in [0, 0.1) is 0 Å². The van der Waals surface area contributed by atoms with Crippen molar-refractivity contribution >= 4 is 0 Å². The summed E-state index contributed by atoms with van der Waals surface area (Å²) in [4.78, 5) is 2.37. The molecule has 1 saturated carbocycles. The van der Waals surface area contributed by atoms with Crippen molar-refractivity contribution in [1.82, 2.24) is 10.2 Å². The summed E-state index contributed by atoms with van der Waals surface area (Å²) in [6.45, 7) is 6.53. The van der Waals surface area contributed by atoms with E-state index in [-0.39, 0.29) is 6.10 Å². The summed E-state index contributed by atoms with van der Waals surface area (Å²) in [5.74, 6) is 0. The van der Waals surface area contributed by atoms with Crippen molar-refractivity contribution < 1.29 is 5.11 Å². The van der Waals surface area contributed by atoms with Gasteiger partial charge in [0.05, 0.1) is 6.10 Å². The van der Waals surface area contributed by atoms with Crippen LogP contribution in [0.1, 0.15) is 39.5 Å². The molecule has 0 spiro atoms. The second-order valence-corrected chi connectivity index (χ2v) is 4.80. The van der Waals surface area contributed by atoms with Crippen LogP contribution in [0.2, 0.25) is 0 Å². The van der Waals surface area contributed by atoms with E-state index in [1.807, 2.05) is 0 Å². The van der Waals surface area contributed by atoms with E-state index in [0.717, 1.165) is 25.9 Å². The van der Waals surface area contributed by atoms with Gasteiger partial charge >= 0.3 is 0 Å². The van der Waals surface area contributed by atoms with Gasteiger partial charge in [0, 0.05) is 25.2 Å². The van der Waals surface area contributed by atoms with E-state index in [1.165, 1.54) is 12.8 Å². The van der Waals surface area contributed by atoms with Crippen LogP contribution >= 0.6 is 0 Å². The van der Waals surface area contributed by atoms with Gasteiger partial charge in [-0.1, -0.05) is 6.92 Å². The van der Waals surface area contributed by atoms with Crippen molar-refractivity contribution in [3.8, 4) is 0 Å². The van der Waals surface area contributed by atoms with Crippen molar-refractivity contribution in [1.29, 1.82) is 0 Å². The quantitative estimate of drug-likeness (QED) is 0.698. The third kappa shape index (κ3) is 4.09. The fraction of sp³-hybridized carbons (Fsp3) is 1.00. The lowest BCUT2D eigenvalue weighted by molar-refractivity contribution is 0.145. The van der Waals surface area contributed by atoms with Crippen LogP contribution in [0.4, 0.5) is 0 Å². The molecule has 3 heteroatoms. The Morgan fingerprint density at radius 1 is 1.47 bits per heavy atom. The van der Waals surface area contributed by atoms with E-state index in [9.17, 15) is 5.11 Å². The van der Waals surface area contributed by atoms with Crippen molar-refractivity contribution in [2.24, 2.45) is 0 Å². The van der Waals surface area contributed by atoms with Crippen LogP contribution in [-0.2, 0) is 0 Å². The average Bonchev–Trinajstić information content (AvgIpc) is 2.63. The van der Waals surface area contributed by atoms with Crippen LogP contribution < -0.4 is 5.32 Å². The van der Waals surface area contributed by atoms with Crippen LogP contribution in [0.3, 0.4) is 0 Å². The molecule has 3 atom stereocenters. The molecule has 0 aromatic heterocycles. The Balaban J connectivity index is 2.10. The molecule has 0 saturated heterocycles. The van der Waals surface area contributed by atoms with Crippen LogP contribution in [-0.4, -0.2) is 48.3 Å². The summed E-state index contributed by atoms with van der Waals surface area (Å²) < 4.78 is 0. The van der Waals surface area contributed by atoms with Gasteiger partial charge in [-0.15, -0.1) is 0 Å². The summed E-state index contributed by atoms with van der Waals surface area (Å²) in [6, 6.07) is 0.996. The lowest BCUT2D eigenvalue weighted by atomic mass is 10.2. The molecule has 0 heterocycles. The molecule has 0 aliphatic heterocycles. The maximum Gasteiger partial charge on any atom is 0.0693 e. The average molecular weight is 214 g/mol. The van der Waals surface area contributed by atoms with Gasteiger partial charge in [-0.2, -0.15) is 0 Å². The minimum atomic E-state index is -0.112. The highest BCUT2D eigenvalue weighted by Gasteiger charge is 2.24. The summed E-state index contributed by atoms with van der Waals surface area (Å²) in [7, 11) is 2.17. The Kier molecular flexibility index (Phi) is 5.58. The standard InChI is InChI=1S/C12H26N2O/c1-4-10(2)14(3)9-8-13-11-6-5-7-12(11)15/h10-13,15H,4-9H2,1-3H3/t10?,11-,12-/m1/s1. The molecule has 0 radical (unpaired) electrons. The molecule has 0 amide bonds. The smallest absolute Gasteiger partial charge is 0.0693 e. The van der Waals surface area contributed by atoms with Crippen molar-refractivity contribution in [3.63, 3.8) is 0 Å². The maximum atomic E-state index is 9.63. The van der Waals surface area contributed by atoms with E-state index < -0.39 is 0 Å². The minimum absolute atomic E-state index is 0.112. The number of rotatable bonds is 6. The Hall–Kier alpha value is -0.120. The molecule has 1 rings (SSSR count). The summed E-state index contributed by atoms with van der Waals surface area (Å²) in [5.41, 5.74) is 0. The summed E-state index contributed by atoms with van der Waals surface area (Å²) >= 11 is 0. The fourth-order valence-corrected chi connectivity index (χ4v) is 2.14. The number of aliphatic hydroxyl groups excluding tert-OH is 1. The number of aliphatic hydroxyl groups is 1. The zero-order valence-electron chi connectivity index (χ0n) is 10.4. The summed E-state index contributed by atoms with van der Waals surface area (Å²) in [5, 5.41) is 13.1. The van der Waals surface area contributed by atoms with Crippen LogP contribution in [0.25, 0.3) is 0 Å². The van der Waals surface area contributed by atoms with E-state index in [2.05, 4.69) is 31.1 Å². The largest absolute Gasteiger partial charge is 0.392 e. The number of hydrogen-bond donors (Lipinski definition) is 2. The Labute approximate surface area is 93.9 Å². The molecular formula is C12H26N2O. The first-order valence-electron chi connectivity index (χ1n) is 6.26. The zero-order valence-corrected chi connectivity index (χ0v) is 10.4. The van der Waals surface area contributed by atoms with Gasteiger partial charge in [0.25, 0.3) is 0 Å². The van der Waals surface area contributed by atoms with Crippen molar-refractivity contribution in [2.45, 2.75) is 57.7 Å². The number of likely N-dealkylation sites (N-methyl/N-ethyl adjacent to an activating group) is 1. The van der Waals surface area contributed by atoms with Gasteiger partial charge in [0.15, 0.2) is 0 Å². The molecule has 3 nitrogen and oxygen atoms in total. The van der Waals surface area contributed by atoms with E-state index in [4.69, 9.17) is 0 Å². The normalized spacial score (nSPS) is 28.6. The van der Waals surface area contributed by atoms with Gasteiger partial charge in [-0.3, -0.25) is 0 Å². The van der Waals surface area contributed by atoms with Crippen LogP contribution in [0.5, 0.6) is 0 Å². The van der Waals surface area contributed by atoms with Crippen molar-refractivity contribution in [2.75, 3.05) is 20.1 Å². The predicted octanol–water partition coefficient (Wildman–Crippen LogP) is 1.22. The lowest BCUT2D eigenvalue weighted by Gasteiger charge is -2.25. The highest BCUT2D eigenvalue weighted by atomic mass is 16.3. The second-order valence-electron chi connectivity index (χ2n) is 4.80. The molecular weight excluding hydrogens is 188 g/mol. The molecule has 1 fully saturated rings. The molecule has 15 heavy (non-hydrogen) atoms. The molecule has 1 aliphatic carbocycles. The fourth-order valence-electron chi connectivity index (χ4n) is 2.14. The van der Waals surface area contributed by atoms with E-state index >= 15 is 0 Å². The van der Waals surface area contributed by atoms with Gasteiger partial charge in [-0.25, -0.2) is 0 Å². The Morgan fingerprint density at radius 2 is 2.20 bits per heavy atom. The van der Waals surface area contributed by atoms with E-state index in [1.54, 1.807) is 0 Å². The topological polar surface area (TPSA) is 35.5 Å². The third-order valence-electron chi connectivity index (χ3n) is 3.69. The first kappa shape index (κ1) is 12.9. The molecule has 0 bridgehead atoms. The van der Waals surface area contributed by atoms with Gasteiger partial charge < -0.3 is 15.3 Å². The van der Waals surface area contributed by atoms with Gasteiger partial charge in [0.1, 0.15) is 0 Å². The molecule has 1 unspecified atom stereocenters. The minimum Gasteiger partial charge on any atom is -0.392 e. The molecule has 0 aromatic carbocycles. The monoisotopic (exact) mass is 214 g/mol. The van der Waals surface area contributed by atoms with Crippen molar-refractivity contribution in [3.05, 3.63) is 0 Å². The molecule has 2 N–H and O–H groups in total.